The Morgan fingerprint density at radius 1 is 1.04 bits per heavy atom. The molecular weight excluding hydrogens is 350 g/mol. The third-order valence-electron chi connectivity index (χ3n) is 3.74. The first-order valence-corrected chi connectivity index (χ1v) is 6.94. The first-order chi connectivity index (χ1) is 10.6. The number of alkyl halides is 6. The second-order valence-electron chi connectivity index (χ2n) is 5.83. The predicted molar refractivity (Wildman–Crippen MR) is 65.6 cm³/mol. The highest BCUT2D eigenvalue weighted by Crippen LogP contribution is 2.44. The lowest BCUT2D eigenvalue weighted by Gasteiger charge is -2.31. The highest BCUT2D eigenvalue weighted by molar-refractivity contribution is 5.85. The molecule has 0 bridgehead atoms. The third kappa shape index (κ3) is 3.93. The fourth-order valence-electron chi connectivity index (χ4n) is 2.24. The Hall–Kier alpha value is -1.52. The van der Waals surface area contributed by atoms with Gasteiger partial charge in [0.25, 0.3) is 0 Å². The van der Waals surface area contributed by atoms with Crippen LogP contribution in [0.2, 0.25) is 0 Å². The number of ether oxygens (including phenoxy) is 2. The number of hydrogen-bond donors (Lipinski definition) is 1. The largest absolute Gasteiger partial charge is 0.457 e. The van der Waals surface area contributed by atoms with E-state index in [9.17, 15) is 35.9 Å². The van der Waals surface area contributed by atoms with E-state index in [4.69, 9.17) is 9.84 Å². The molecule has 1 unspecified atom stereocenters. The van der Waals surface area contributed by atoms with Crippen LogP contribution < -0.4 is 0 Å². The molecule has 5 nitrogen and oxygen atoms in total. The van der Waals surface area contributed by atoms with Gasteiger partial charge in [-0.2, -0.15) is 26.3 Å². The van der Waals surface area contributed by atoms with E-state index in [1.807, 2.05) is 0 Å². The van der Waals surface area contributed by atoms with Crippen molar-refractivity contribution < 1.29 is 50.5 Å². The summed E-state index contributed by atoms with van der Waals surface area (Å²) in [6.45, 7) is 2.31. The number of rotatable bonds is 4. The average molecular weight is 366 g/mol. The van der Waals surface area contributed by atoms with Crippen LogP contribution in [0.25, 0.3) is 0 Å². The summed E-state index contributed by atoms with van der Waals surface area (Å²) in [5.41, 5.74) is -6.64. The zero-order valence-electron chi connectivity index (χ0n) is 12.8. The molecule has 140 valence electrons. The molecule has 1 aliphatic carbocycles. The van der Waals surface area contributed by atoms with Gasteiger partial charge in [0.1, 0.15) is 5.60 Å². The van der Waals surface area contributed by atoms with Crippen LogP contribution in [0, 0.1) is 0 Å². The average Bonchev–Trinajstić information content (AvgIpc) is 2.81. The molecule has 1 N–H and O–H groups in total. The molecule has 1 saturated carbocycles. The Bertz CT molecular complexity index is 478. The van der Waals surface area contributed by atoms with Crippen LogP contribution in [0.5, 0.6) is 0 Å². The molecule has 1 rings (SSSR count). The number of esters is 2. The minimum atomic E-state index is -6.37. The zero-order chi connectivity index (χ0) is 19.0. The highest BCUT2D eigenvalue weighted by Gasteiger charge is 2.77. The Balaban J connectivity index is 2.86. The van der Waals surface area contributed by atoms with Crippen molar-refractivity contribution in [1.29, 1.82) is 0 Å². The van der Waals surface area contributed by atoms with Crippen molar-refractivity contribution in [3.05, 3.63) is 0 Å². The summed E-state index contributed by atoms with van der Waals surface area (Å²) in [5, 5.41) is 8.84. The second kappa shape index (κ2) is 6.41. The normalized spacial score (nSPS) is 19.7. The third-order valence-corrected chi connectivity index (χ3v) is 3.74. The van der Waals surface area contributed by atoms with Crippen LogP contribution >= 0.6 is 0 Å². The van der Waals surface area contributed by atoms with Crippen molar-refractivity contribution in [2.24, 2.45) is 0 Å². The number of hydrogen-bond acceptors (Lipinski definition) is 5. The Morgan fingerprint density at radius 2 is 1.46 bits per heavy atom. The SMILES string of the molecule is CC(OC(=O)C(O)(C(F)(F)F)C(F)(F)F)C(=O)OC1(C)CCCC1. The molecular formula is C13H16F6O5. The van der Waals surface area contributed by atoms with E-state index in [0.29, 0.717) is 12.8 Å². The van der Waals surface area contributed by atoms with E-state index in [0.717, 1.165) is 19.8 Å². The van der Waals surface area contributed by atoms with Crippen LogP contribution in [-0.2, 0) is 19.1 Å². The summed E-state index contributed by atoms with van der Waals surface area (Å²) in [7, 11) is 0. The van der Waals surface area contributed by atoms with Crippen molar-refractivity contribution in [2.45, 2.75) is 69.2 Å². The number of aliphatic hydroxyl groups is 1. The maximum Gasteiger partial charge on any atom is 0.437 e. The van der Waals surface area contributed by atoms with Gasteiger partial charge in [0.2, 0.25) is 0 Å². The van der Waals surface area contributed by atoms with Gasteiger partial charge in [-0.05, 0) is 39.5 Å². The van der Waals surface area contributed by atoms with E-state index in [-0.39, 0.29) is 0 Å². The van der Waals surface area contributed by atoms with Crippen molar-refractivity contribution in [1.82, 2.24) is 0 Å². The van der Waals surface area contributed by atoms with Gasteiger partial charge in [-0.1, -0.05) is 0 Å². The fourth-order valence-corrected chi connectivity index (χ4v) is 2.24. The maximum atomic E-state index is 12.5. The lowest BCUT2D eigenvalue weighted by atomic mass is 10.0. The van der Waals surface area contributed by atoms with Crippen molar-refractivity contribution >= 4 is 11.9 Å². The van der Waals surface area contributed by atoms with E-state index < -0.39 is 41.6 Å². The van der Waals surface area contributed by atoms with Gasteiger partial charge in [-0.15, -0.1) is 0 Å². The smallest absolute Gasteiger partial charge is 0.437 e. The van der Waals surface area contributed by atoms with E-state index in [2.05, 4.69) is 4.74 Å². The Labute approximate surface area is 132 Å². The first-order valence-electron chi connectivity index (χ1n) is 6.94. The summed E-state index contributed by atoms with van der Waals surface area (Å²) in [4.78, 5) is 23.0. The molecule has 0 amide bonds. The molecule has 24 heavy (non-hydrogen) atoms. The zero-order valence-corrected chi connectivity index (χ0v) is 12.8. The summed E-state index contributed by atoms with van der Waals surface area (Å²) in [6.07, 6.45) is -12.4. The highest BCUT2D eigenvalue weighted by atomic mass is 19.4. The molecule has 11 heteroatoms. The van der Waals surface area contributed by atoms with Gasteiger partial charge < -0.3 is 14.6 Å². The van der Waals surface area contributed by atoms with Gasteiger partial charge in [0, 0.05) is 0 Å². The minimum Gasteiger partial charge on any atom is -0.457 e. The molecule has 0 aliphatic heterocycles. The Morgan fingerprint density at radius 3 is 1.83 bits per heavy atom. The van der Waals surface area contributed by atoms with E-state index in [1.54, 1.807) is 6.92 Å². The fraction of sp³-hybridized carbons (Fsp3) is 0.846. The van der Waals surface area contributed by atoms with Gasteiger partial charge in [0.15, 0.2) is 6.10 Å². The summed E-state index contributed by atoms with van der Waals surface area (Å²) in [6, 6.07) is 0. The van der Waals surface area contributed by atoms with Crippen LogP contribution in [0.1, 0.15) is 39.5 Å². The summed E-state index contributed by atoms with van der Waals surface area (Å²) in [5.74, 6) is -4.33. The van der Waals surface area contributed by atoms with Gasteiger partial charge in [-0.3, -0.25) is 0 Å². The van der Waals surface area contributed by atoms with E-state index in [1.165, 1.54) is 0 Å². The number of carbonyl (C=O) groups is 2. The molecule has 0 radical (unpaired) electrons. The molecule has 0 aromatic heterocycles. The molecule has 1 atom stereocenters. The monoisotopic (exact) mass is 366 g/mol. The molecule has 0 spiro atoms. The molecule has 0 saturated heterocycles. The quantitative estimate of drug-likeness (QED) is 0.612. The minimum absolute atomic E-state index is 0.467. The topological polar surface area (TPSA) is 72.8 Å². The summed E-state index contributed by atoms with van der Waals surface area (Å²) < 4.78 is 83.9. The lowest BCUT2D eigenvalue weighted by molar-refractivity contribution is -0.357. The van der Waals surface area contributed by atoms with Gasteiger partial charge >= 0.3 is 29.9 Å². The summed E-state index contributed by atoms with van der Waals surface area (Å²) >= 11 is 0. The number of carbonyl (C=O) groups excluding carboxylic acids is 2. The van der Waals surface area contributed by atoms with Crippen LogP contribution in [0.3, 0.4) is 0 Å². The molecule has 0 aromatic carbocycles. The standard InChI is InChI=1S/C13H16F6O5/c1-7(8(20)24-10(2)5-3-4-6-10)23-9(21)11(22,12(14,15)16)13(17,18)19/h7,22H,3-6H2,1-2H3. The van der Waals surface area contributed by atoms with Crippen molar-refractivity contribution in [2.75, 3.05) is 0 Å². The van der Waals surface area contributed by atoms with Crippen molar-refractivity contribution in [3.63, 3.8) is 0 Å². The first kappa shape index (κ1) is 20.5. The van der Waals surface area contributed by atoms with Crippen LogP contribution in [0.15, 0.2) is 0 Å². The molecule has 0 aromatic rings. The molecule has 0 heterocycles. The molecule has 1 aliphatic rings. The van der Waals surface area contributed by atoms with Crippen molar-refractivity contribution in [3.8, 4) is 0 Å². The van der Waals surface area contributed by atoms with Crippen LogP contribution in [-0.4, -0.2) is 46.7 Å². The number of halogens is 6. The van der Waals surface area contributed by atoms with E-state index >= 15 is 0 Å². The maximum absolute atomic E-state index is 12.5. The van der Waals surface area contributed by atoms with Gasteiger partial charge in [0.05, 0.1) is 0 Å². The van der Waals surface area contributed by atoms with Crippen LogP contribution in [0.4, 0.5) is 26.3 Å². The predicted octanol–water partition coefficient (Wildman–Crippen LogP) is 2.65. The Kier molecular flexibility index (Phi) is 5.48. The van der Waals surface area contributed by atoms with Gasteiger partial charge in [-0.25, -0.2) is 9.59 Å². The molecule has 1 fully saturated rings. The lowest BCUT2D eigenvalue weighted by Crippen LogP contribution is -2.63. The second-order valence-corrected chi connectivity index (χ2v) is 5.83.